The molecule has 1 fully saturated rings. The Morgan fingerprint density at radius 2 is 2.40 bits per heavy atom. The van der Waals surface area contributed by atoms with Gasteiger partial charge >= 0.3 is 0 Å². The van der Waals surface area contributed by atoms with Crippen LogP contribution < -0.4 is 0 Å². The summed E-state index contributed by atoms with van der Waals surface area (Å²) in [6.07, 6.45) is 1.20. The van der Waals surface area contributed by atoms with Crippen LogP contribution in [-0.2, 0) is 4.74 Å². The molecule has 10 heavy (non-hydrogen) atoms. The van der Waals surface area contributed by atoms with Crippen LogP contribution in [0.3, 0.4) is 0 Å². The first-order valence-corrected chi connectivity index (χ1v) is 4.03. The Labute approximate surface area is 67.2 Å². The molecule has 0 aromatic rings. The van der Waals surface area contributed by atoms with Crippen molar-refractivity contribution < 1.29 is 4.74 Å². The van der Waals surface area contributed by atoms with Crippen LogP contribution in [0.15, 0.2) is 0 Å². The van der Waals surface area contributed by atoms with E-state index in [4.69, 9.17) is 16.5 Å². The molecule has 0 aromatic heterocycles. The van der Waals surface area contributed by atoms with E-state index in [0.717, 1.165) is 13.0 Å². The fourth-order valence-electron chi connectivity index (χ4n) is 1.20. The van der Waals surface area contributed by atoms with Gasteiger partial charge in [-0.05, 0) is 32.0 Å². The first kappa shape index (κ1) is 8.31. The van der Waals surface area contributed by atoms with Crippen LogP contribution in [0.25, 0.3) is 0 Å². The minimum atomic E-state index is -0.235. The molecule has 1 saturated heterocycles. The standard InChI is InChI=1S/C7H14ClNO/c1-4-7(3)9(8)5-6(2)10-7/h6H,4-5H2,1-3H3. The van der Waals surface area contributed by atoms with Gasteiger partial charge in [-0.15, -0.1) is 0 Å². The van der Waals surface area contributed by atoms with Gasteiger partial charge in [-0.25, -0.2) is 0 Å². The lowest BCUT2D eigenvalue weighted by atomic mass is 10.2. The van der Waals surface area contributed by atoms with Crippen molar-refractivity contribution in [1.82, 2.24) is 4.42 Å². The zero-order valence-corrected chi connectivity index (χ0v) is 7.48. The van der Waals surface area contributed by atoms with Crippen molar-refractivity contribution in [2.24, 2.45) is 0 Å². The normalized spacial score (nSPS) is 42.6. The lowest BCUT2D eigenvalue weighted by Crippen LogP contribution is -2.34. The Morgan fingerprint density at radius 3 is 2.60 bits per heavy atom. The topological polar surface area (TPSA) is 12.5 Å². The zero-order valence-electron chi connectivity index (χ0n) is 6.72. The molecule has 2 unspecified atom stereocenters. The van der Waals surface area contributed by atoms with Crippen molar-refractivity contribution in [3.8, 4) is 0 Å². The Kier molecular flexibility index (Phi) is 2.23. The van der Waals surface area contributed by atoms with Crippen molar-refractivity contribution >= 4 is 11.8 Å². The van der Waals surface area contributed by atoms with E-state index in [-0.39, 0.29) is 11.8 Å². The fourth-order valence-corrected chi connectivity index (χ4v) is 1.56. The summed E-state index contributed by atoms with van der Waals surface area (Å²) >= 11 is 5.92. The molecule has 0 bridgehead atoms. The highest BCUT2D eigenvalue weighted by Crippen LogP contribution is 2.31. The molecule has 1 rings (SSSR count). The van der Waals surface area contributed by atoms with E-state index in [1.165, 1.54) is 0 Å². The van der Waals surface area contributed by atoms with Crippen LogP contribution in [0.2, 0.25) is 0 Å². The molecule has 0 spiro atoms. The van der Waals surface area contributed by atoms with E-state index >= 15 is 0 Å². The van der Waals surface area contributed by atoms with Crippen molar-refractivity contribution in [3.05, 3.63) is 0 Å². The van der Waals surface area contributed by atoms with E-state index in [1.807, 2.05) is 13.8 Å². The fraction of sp³-hybridized carbons (Fsp3) is 1.00. The molecule has 2 atom stereocenters. The van der Waals surface area contributed by atoms with Gasteiger partial charge in [0.1, 0.15) is 5.72 Å². The molecule has 2 nitrogen and oxygen atoms in total. The smallest absolute Gasteiger partial charge is 0.132 e. The summed E-state index contributed by atoms with van der Waals surface area (Å²) in [5.74, 6) is 0. The highest BCUT2D eigenvalue weighted by Gasteiger charge is 2.38. The molecule has 1 heterocycles. The van der Waals surface area contributed by atoms with Gasteiger partial charge in [0.25, 0.3) is 0 Å². The summed E-state index contributed by atoms with van der Waals surface area (Å²) in [5, 5.41) is 0. The second-order valence-corrected chi connectivity index (χ2v) is 3.41. The van der Waals surface area contributed by atoms with Crippen LogP contribution in [0.4, 0.5) is 0 Å². The second-order valence-electron chi connectivity index (χ2n) is 3.00. The monoisotopic (exact) mass is 163 g/mol. The predicted molar refractivity (Wildman–Crippen MR) is 41.8 cm³/mol. The van der Waals surface area contributed by atoms with E-state index in [1.54, 1.807) is 4.42 Å². The van der Waals surface area contributed by atoms with Gasteiger partial charge in [0.2, 0.25) is 0 Å². The molecule has 60 valence electrons. The summed E-state index contributed by atoms with van der Waals surface area (Å²) in [4.78, 5) is 0. The highest BCUT2D eigenvalue weighted by molar-refractivity contribution is 6.13. The van der Waals surface area contributed by atoms with E-state index in [2.05, 4.69) is 6.92 Å². The predicted octanol–water partition coefficient (Wildman–Crippen LogP) is 1.99. The van der Waals surface area contributed by atoms with Crippen molar-refractivity contribution in [2.45, 2.75) is 39.0 Å². The van der Waals surface area contributed by atoms with Gasteiger partial charge in [0.15, 0.2) is 0 Å². The Morgan fingerprint density at radius 1 is 1.80 bits per heavy atom. The number of nitrogens with zero attached hydrogens (tertiary/aromatic N) is 1. The summed E-state index contributed by atoms with van der Waals surface area (Å²) in [5.41, 5.74) is -0.235. The quantitative estimate of drug-likeness (QED) is 0.549. The summed E-state index contributed by atoms with van der Waals surface area (Å²) in [7, 11) is 0. The molecule has 0 amide bonds. The number of ether oxygens (including phenoxy) is 1. The Hall–Kier alpha value is 0.210. The molecule has 0 aliphatic carbocycles. The zero-order chi connectivity index (χ0) is 7.78. The molecule has 1 aliphatic heterocycles. The molecular weight excluding hydrogens is 150 g/mol. The van der Waals surface area contributed by atoms with Gasteiger partial charge in [0.05, 0.1) is 6.10 Å². The highest BCUT2D eigenvalue weighted by atomic mass is 35.5. The average Bonchev–Trinajstić information content (AvgIpc) is 2.09. The van der Waals surface area contributed by atoms with Gasteiger partial charge in [-0.1, -0.05) is 6.92 Å². The lowest BCUT2D eigenvalue weighted by Gasteiger charge is -2.26. The van der Waals surface area contributed by atoms with Crippen molar-refractivity contribution in [1.29, 1.82) is 0 Å². The van der Waals surface area contributed by atoms with Gasteiger partial charge in [0, 0.05) is 6.54 Å². The Balaban J connectivity index is 2.61. The SMILES string of the molecule is CCC1(C)OC(C)CN1Cl. The third-order valence-corrected chi connectivity index (χ3v) is 2.54. The number of hydrogen-bond donors (Lipinski definition) is 0. The third kappa shape index (κ3) is 1.29. The minimum Gasteiger partial charge on any atom is -0.355 e. The van der Waals surface area contributed by atoms with Crippen LogP contribution in [0.1, 0.15) is 27.2 Å². The van der Waals surface area contributed by atoms with Gasteiger partial charge in [-0.2, -0.15) is 4.42 Å². The van der Waals surface area contributed by atoms with Crippen molar-refractivity contribution in [3.63, 3.8) is 0 Å². The largest absolute Gasteiger partial charge is 0.355 e. The maximum atomic E-state index is 5.92. The summed E-state index contributed by atoms with van der Waals surface area (Å²) in [6, 6.07) is 0. The molecule has 3 heteroatoms. The van der Waals surface area contributed by atoms with Crippen LogP contribution in [0, 0.1) is 0 Å². The van der Waals surface area contributed by atoms with Crippen molar-refractivity contribution in [2.75, 3.05) is 6.54 Å². The van der Waals surface area contributed by atoms with Gasteiger partial charge in [-0.3, -0.25) is 0 Å². The van der Waals surface area contributed by atoms with E-state index < -0.39 is 0 Å². The number of rotatable bonds is 1. The maximum Gasteiger partial charge on any atom is 0.132 e. The first-order chi connectivity index (χ1) is 4.58. The maximum absolute atomic E-state index is 5.92. The van der Waals surface area contributed by atoms with Crippen LogP contribution >= 0.6 is 11.8 Å². The molecule has 0 aromatic carbocycles. The second kappa shape index (κ2) is 2.68. The summed E-state index contributed by atoms with van der Waals surface area (Å²) in [6.45, 7) is 6.96. The number of halogens is 1. The summed E-state index contributed by atoms with van der Waals surface area (Å²) < 4.78 is 7.35. The minimum absolute atomic E-state index is 0.235. The molecule has 0 N–H and O–H groups in total. The van der Waals surface area contributed by atoms with Crippen LogP contribution in [0.5, 0.6) is 0 Å². The lowest BCUT2D eigenvalue weighted by molar-refractivity contribution is -0.0613. The first-order valence-electron chi connectivity index (χ1n) is 3.69. The molecule has 0 saturated carbocycles. The van der Waals surface area contributed by atoms with Crippen LogP contribution in [-0.4, -0.2) is 22.8 Å². The van der Waals surface area contributed by atoms with Gasteiger partial charge < -0.3 is 4.74 Å². The average molecular weight is 164 g/mol. The number of hydrogen-bond acceptors (Lipinski definition) is 2. The Bertz CT molecular complexity index is 131. The molecule has 1 aliphatic rings. The molecular formula is C7H14ClNO. The van der Waals surface area contributed by atoms with E-state index in [0.29, 0.717) is 0 Å². The molecule has 0 radical (unpaired) electrons. The van der Waals surface area contributed by atoms with E-state index in [9.17, 15) is 0 Å². The third-order valence-electron chi connectivity index (χ3n) is 2.04.